The molecule has 2 aromatic rings. The Morgan fingerprint density at radius 3 is 2.53 bits per heavy atom. The van der Waals surface area contributed by atoms with Gasteiger partial charge in [-0.1, -0.05) is 63.6 Å². The minimum Gasteiger partial charge on any atom is -0.0616 e. The zero-order valence-electron chi connectivity index (χ0n) is 12.4. The predicted molar refractivity (Wildman–Crippen MR) is 83.7 cm³/mol. The third kappa shape index (κ3) is 2.29. The molecule has 0 aromatic heterocycles. The van der Waals surface area contributed by atoms with E-state index in [-0.39, 0.29) is 0 Å². The standard InChI is InChI=1S/C19H24/c1-19(2,3)18-11-7-6-10-16-15-9-5-4-8-14(15)12-13-17(16)18/h4-5,8-9,12-13,18H,6-7,10-11H2,1-3H3. The maximum Gasteiger partial charge on any atom is -0.0110 e. The van der Waals surface area contributed by atoms with Crippen molar-refractivity contribution >= 4 is 10.8 Å². The summed E-state index contributed by atoms with van der Waals surface area (Å²) in [5.41, 5.74) is 3.60. The average Bonchev–Trinajstić information content (AvgIpc) is 2.60. The van der Waals surface area contributed by atoms with Crippen LogP contribution >= 0.6 is 0 Å². The van der Waals surface area contributed by atoms with Crippen molar-refractivity contribution in [1.82, 2.24) is 0 Å². The molecule has 1 unspecified atom stereocenters. The van der Waals surface area contributed by atoms with Crippen molar-refractivity contribution in [2.75, 3.05) is 0 Å². The lowest BCUT2D eigenvalue weighted by molar-refractivity contribution is 0.303. The molecular weight excluding hydrogens is 228 g/mol. The van der Waals surface area contributed by atoms with Crippen LogP contribution in [0.25, 0.3) is 10.8 Å². The van der Waals surface area contributed by atoms with Crippen molar-refractivity contribution < 1.29 is 0 Å². The first-order valence-corrected chi connectivity index (χ1v) is 7.58. The molecule has 0 aliphatic heterocycles. The zero-order chi connectivity index (χ0) is 13.5. The smallest absolute Gasteiger partial charge is 0.0110 e. The van der Waals surface area contributed by atoms with E-state index in [9.17, 15) is 0 Å². The van der Waals surface area contributed by atoms with Crippen LogP contribution in [0.3, 0.4) is 0 Å². The number of hydrogen-bond donors (Lipinski definition) is 0. The second-order valence-corrected chi connectivity index (χ2v) is 7.02. The van der Waals surface area contributed by atoms with Gasteiger partial charge in [0.2, 0.25) is 0 Å². The molecule has 2 aromatic carbocycles. The Balaban J connectivity index is 2.23. The Morgan fingerprint density at radius 2 is 1.74 bits per heavy atom. The minimum atomic E-state index is 0.363. The molecule has 0 N–H and O–H groups in total. The van der Waals surface area contributed by atoms with Crippen LogP contribution in [0.15, 0.2) is 36.4 Å². The fourth-order valence-corrected chi connectivity index (χ4v) is 3.66. The summed E-state index contributed by atoms with van der Waals surface area (Å²) in [6.07, 6.45) is 5.30. The maximum atomic E-state index is 2.40. The normalized spacial score (nSPS) is 20.1. The lowest BCUT2D eigenvalue weighted by Gasteiger charge is -2.32. The number of rotatable bonds is 0. The highest BCUT2D eigenvalue weighted by molar-refractivity contribution is 5.87. The summed E-state index contributed by atoms with van der Waals surface area (Å²) in [7, 11) is 0. The van der Waals surface area contributed by atoms with Crippen LogP contribution in [0.4, 0.5) is 0 Å². The maximum absolute atomic E-state index is 2.40. The van der Waals surface area contributed by atoms with Gasteiger partial charge in [0, 0.05) is 0 Å². The molecule has 0 fully saturated rings. The van der Waals surface area contributed by atoms with Gasteiger partial charge < -0.3 is 0 Å². The monoisotopic (exact) mass is 252 g/mol. The fourth-order valence-electron chi connectivity index (χ4n) is 3.66. The second kappa shape index (κ2) is 4.67. The van der Waals surface area contributed by atoms with Crippen molar-refractivity contribution in [3.8, 4) is 0 Å². The number of fused-ring (bicyclic) bond motifs is 3. The van der Waals surface area contributed by atoms with Gasteiger partial charge in [0.1, 0.15) is 0 Å². The van der Waals surface area contributed by atoms with Gasteiger partial charge in [-0.15, -0.1) is 0 Å². The van der Waals surface area contributed by atoms with E-state index in [0.717, 1.165) is 0 Å². The quantitative estimate of drug-likeness (QED) is 0.528. The minimum absolute atomic E-state index is 0.363. The molecule has 19 heavy (non-hydrogen) atoms. The van der Waals surface area contributed by atoms with E-state index in [4.69, 9.17) is 0 Å². The van der Waals surface area contributed by atoms with Gasteiger partial charge in [-0.05, 0) is 52.5 Å². The zero-order valence-corrected chi connectivity index (χ0v) is 12.4. The van der Waals surface area contributed by atoms with Gasteiger partial charge in [0.15, 0.2) is 0 Å². The largest absolute Gasteiger partial charge is 0.0616 e. The van der Waals surface area contributed by atoms with Gasteiger partial charge >= 0.3 is 0 Å². The lowest BCUT2D eigenvalue weighted by Crippen LogP contribution is -2.18. The molecule has 1 aliphatic rings. The summed E-state index contributed by atoms with van der Waals surface area (Å²) in [6.45, 7) is 7.17. The van der Waals surface area contributed by atoms with Crippen molar-refractivity contribution in [3.05, 3.63) is 47.5 Å². The van der Waals surface area contributed by atoms with Gasteiger partial charge in [0.05, 0.1) is 0 Å². The van der Waals surface area contributed by atoms with E-state index in [1.807, 2.05) is 0 Å². The van der Waals surface area contributed by atoms with Gasteiger partial charge in [-0.25, -0.2) is 0 Å². The fraction of sp³-hybridized carbons (Fsp3) is 0.474. The summed E-state index contributed by atoms with van der Waals surface area (Å²) in [4.78, 5) is 0. The SMILES string of the molecule is CC(C)(C)C1CCCCc2c1ccc1ccccc21. The van der Waals surface area contributed by atoms with Crippen LogP contribution in [0.5, 0.6) is 0 Å². The molecule has 1 atom stereocenters. The molecule has 1 aliphatic carbocycles. The molecule has 0 spiro atoms. The molecule has 0 saturated carbocycles. The van der Waals surface area contributed by atoms with Crippen LogP contribution in [0, 0.1) is 5.41 Å². The molecule has 100 valence electrons. The Hall–Kier alpha value is -1.30. The van der Waals surface area contributed by atoms with Crippen molar-refractivity contribution in [2.45, 2.75) is 52.4 Å². The predicted octanol–water partition coefficient (Wildman–Crippen LogP) is 5.70. The second-order valence-electron chi connectivity index (χ2n) is 7.02. The Kier molecular flexibility index (Phi) is 3.12. The number of benzene rings is 2. The summed E-state index contributed by atoms with van der Waals surface area (Å²) in [6, 6.07) is 13.6. The summed E-state index contributed by atoms with van der Waals surface area (Å²) >= 11 is 0. The third-order valence-electron chi connectivity index (χ3n) is 4.67. The van der Waals surface area contributed by atoms with E-state index in [1.54, 1.807) is 11.1 Å². The molecule has 0 saturated heterocycles. The van der Waals surface area contributed by atoms with Crippen LogP contribution in [0.1, 0.15) is 57.1 Å². The van der Waals surface area contributed by atoms with Crippen molar-refractivity contribution in [3.63, 3.8) is 0 Å². The molecule has 0 amide bonds. The molecule has 0 radical (unpaired) electrons. The van der Waals surface area contributed by atoms with E-state index in [2.05, 4.69) is 57.2 Å². The van der Waals surface area contributed by atoms with Gasteiger partial charge in [-0.2, -0.15) is 0 Å². The van der Waals surface area contributed by atoms with Crippen molar-refractivity contribution in [2.24, 2.45) is 5.41 Å². The summed E-state index contributed by atoms with van der Waals surface area (Å²) in [5.74, 6) is 0.703. The average molecular weight is 252 g/mol. The Bertz CT molecular complexity index is 587. The topological polar surface area (TPSA) is 0 Å². The first kappa shape index (κ1) is 12.7. The van der Waals surface area contributed by atoms with Crippen LogP contribution in [0.2, 0.25) is 0 Å². The number of aryl methyl sites for hydroxylation is 1. The highest BCUT2D eigenvalue weighted by Crippen LogP contribution is 2.44. The first-order valence-electron chi connectivity index (χ1n) is 7.58. The third-order valence-corrected chi connectivity index (χ3v) is 4.67. The first-order chi connectivity index (χ1) is 9.07. The van der Waals surface area contributed by atoms with Crippen LogP contribution in [-0.2, 0) is 6.42 Å². The molecular formula is C19H24. The van der Waals surface area contributed by atoms with Crippen LogP contribution < -0.4 is 0 Å². The molecule has 0 heterocycles. The molecule has 0 heteroatoms. The summed E-state index contributed by atoms with van der Waals surface area (Å²) in [5, 5.41) is 2.88. The highest BCUT2D eigenvalue weighted by Gasteiger charge is 2.29. The molecule has 3 rings (SSSR count). The molecule has 0 bridgehead atoms. The van der Waals surface area contributed by atoms with Crippen LogP contribution in [-0.4, -0.2) is 0 Å². The highest BCUT2D eigenvalue weighted by atomic mass is 14.3. The van der Waals surface area contributed by atoms with Gasteiger partial charge in [0.25, 0.3) is 0 Å². The Morgan fingerprint density at radius 1 is 0.947 bits per heavy atom. The summed E-state index contributed by atoms with van der Waals surface area (Å²) < 4.78 is 0. The molecule has 0 nitrogen and oxygen atoms in total. The van der Waals surface area contributed by atoms with E-state index in [0.29, 0.717) is 11.3 Å². The van der Waals surface area contributed by atoms with Gasteiger partial charge in [-0.3, -0.25) is 0 Å². The lowest BCUT2D eigenvalue weighted by atomic mass is 9.73. The number of hydrogen-bond acceptors (Lipinski definition) is 0. The van der Waals surface area contributed by atoms with E-state index >= 15 is 0 Å². The van der Waals surface area contributed by atoms with E-state index in [1.165, 1.54) is 36.5 Å². The Labute approximate surface area is 116 Å². The van der Waals surface area contributed by atoms with Crippen molar-refractivity contribution in [1.29, 1.82) is 0 Å². The van der Waals surface area contributed by atoms with E-state index < -0.39 is 0 Å².